The quantitative estimate of drug-likeness (QED) is 0.120. The topological polar surface area (TPSA) is 60.2 Å². The van der Waals surface area contributed by atoms with Crippen molar-refractivity contribution in [3.05, 3.63) is 441 Å². The molecule has 22 aromatic rings. The van der Waals surface area contributed by atoms with Crippen LogP contribution in [0.2, 0.25) is 0 Å². The second kappa shape index (κ2) is 31.5. The molecule has 0 saturated heterocycles. The van der Waals surface area contributed by atoms with Gasteiger partial charge in [-0.25, -0.2) is 0 Å². The van der Waals surface area contributed by atoms with Crippen LogP contribution in [0.1, 0.15) is 7.43 Å². The summed E-state index contributed by atoms with van der Waals surface area (Å²) in [6.07, 6.45) is 0. The summed E-state index contributed by atoms with van der Waals surface area (Å²) in [4.78, 5) is 0. The lowest BCUT2D eigenvalue weighted by Gasteiger charge is -2.11. The summed E-state index contributed by atoms with van der Waals surface area (Å²) < 4.78 is 10.6. The van der Waals surface area contributed by atoms with Gasteiger partial charge in [0.2, 0.25) is 0 Å². The molecule has 0 unspecified atom stereocenters. The molecule has 0 aliphatic carbocycles. The fourth-order valence-electron chi connectivity index (χ4n) is 17.0. The summed E-state index contributed by atoms with van der Waals surface area (Å²) in [5, 5.41) is 27.9. The van der Waals surface area contributed by atoms with Gasteiger partial charge in [0, 0.05) is 70.3 Å². The van der Waals surface area contributed by atoms with E-state index >= 15 is 0 Å². The fraction of sp³-hybridized carbons (Fsp3) is 0.00917. The molecule has 2 N–H and O–H groups in total. The summed E-state index contributed by atoms with van der Waals surface area (Å²) in [6, 6.07) is 156. The van der Waals surface area contributed by atoms with Gasteiger partial charge < -0.3 is 28.3 Å². The number of hydrogen-bond acceptors (Lipinski definition) is 2. The zero-order valence-electron chi connectivity index (χ0n) is 63.2. The molecule has 0 spiro atoms. The molecule has 0 atom stereocenters. The minimum absolute atomic E-state index is 0. The van der Waals surface area contributed by atoms with Gasteiger partial charge in [0.25, 0.3) is 0 Å². The third-order valence-electron chi connectivity index (χ3n) is 22.6. The predicted molar refractivity (Wildman–Crippen MR) is 499 cm³/mol. The molecule has 0 fully saturated rings. The van der Waals surface area contributed by atoms with Crippen LogP contribution in [0.4, 0.5) is 0 Å². The van der Waals surface area contributed by atoms with Gasteiger partial charge in [-0.1, -0.05) is 333 Å². The Morgan fingerprint density at radius 3 is 0.709 bits per heavy atom. The highest BCUT2D eigenvalue weighted by atomic mass is 79.9. The Balaban J connectivity index is 0.000000133. The summed E-state index contributed by atoms with van der Waals surface area (Å²) in [7, 11) is -1.39. The molecule has 0 radical (unpaired) electrons. The first-order valence-electron chi connectivity index (χ1n) is 39.3. The first-order chi connectivity index (χ1) is 57.3. The van der Waals surface area contributed by atoms with Crippen molar-refractivity contribution in [3.63, 3.8) is 0 Å². The van der Waals surface area contributed by atoms with Crippen LogP contribution in [-0.2, 0) is 0 Å². The second-order valence-corrected chi connectivity index (χ2v) is 30.4. The Hall–Kier alpha value is -14.4. The number of fused-ring (bicyclic) bond motifs is 12. The largest absolute Gasteiger partial charge is 0.488 e. The average Bonchev–Trinajstić information content (AvgIpc) is 1.59. The molecule has 556 valence electrons. The highest BCUT2D eigenvalue weighted by molar-refractivity contribution is 9.10. The van der Waals surface area contributed by atoms with E-state index in [2.05, 4.69) is 416 Å². The average molecular weight is 1570 g/mol. The molecule has 0 aliphatic heterocycles. The minimum Gasteiger partial charge on any atom is -0.423 e. The summed E-state index contributed by atoms with van der Waals surface area (Å²) in [5.41, 5.74) is 31.6. The number of hydrogen-bond donors (Lipinski definition) is 2. The first kappa shape index (κ1) is 72.8. The van der Waals surface area contributed by atoms with Gasteiger partial charge in [0.15, 0.2) is 0 Å². The lowest BCUT2D eigenvalue weighted by molar-refractivity contribution is 0.426. The van der Waals surface area contributed by atoms with Crippen molar-refractivity contribution in [2.75, 3.05) is 0 Å². The zero-order valence-corrected chi connectivity index (χ0v) is 64.8. The third-order valence-corrected chi connectivity index (χ3v) is 23.1. The second-order valence-electron chi connectivity index (χ2n) is 29.5. The van der Waals surface area contributed by atoms with Gasteiger partial charge in [-0.15, -0.1) is 0 Å². The molecule has 117 heavy (non-hydrogen) atoms. The van der Waals surface area contributed by atoms with Crippen molar-refractivity contribution < 1.29 is 10.0 Å². The number of rotatable bonds is 12. The number of para-hydroxylation sites is 4. The third kappa shape index (κ3) is 13.9. The van der Waals surface area contributed by atoms with Crippen molar-refractivity contribution in [1.82, 2.24) is 18.3 Å². The molecule has 8 heteroatoms. The van der Waals surface area contributed by atoms with Crippen LogP contribution < -0.4 is 5.46 Å². The highest BCUT2D eigenvalue weighted by Crippen LogP contribution is 2.43. The maximum absolute atomic E-state index is 8.94. The number of benzene rings is 18. The van der Waals surface area contributed by atoms with Crippen molar-refractivity contribution in [2.24, 2.45) is 0 Å². The normalized spacial score (nSPS) is 11.3. The first-order valence-corrected chi connectivity index (χ1v) is 40.1. The van der Waals surface area contributed by atoms with Gasteiger partial charge in [0.05, 0.1) is 44.1 Å². The van der Waals surface area contributed by atoms with E-state index in [1.165, 1.54) is 154 Å². The Morgan fingerprint density at radius 1 is 0.171 bits per heavy atom. The van der Waals surface area contributed by atoms with E-state index in [1.807, 2.05) is 42.5 Å². The summed E-state index contributed by atoms with van der Waals surface area (Å²) >= 11 is 3.67. The number of halogens is 1. The van der Waals surface area contributed by atoms with E-state index in [0.717, 1.165) is 38.3 Å². The summed E-state index contributed by atoms with van der Waals surface area (Å²) in [5.74, 6) is 0. The van der Waals surface area contributed by atoms with E-state index in [-0.39, 0.29) is 7.43 Å². The Labute approximate surface area is 688 Å². The van der Waals surface area contributed by atoms with Crippen LogP contribution in [0.3, 0.4) is 0 Å². The zero-order chi connectivity index (χ0) is 77.6. The molecule has 22 rings (SSSR count). The number of aromatic nitrogens is 4. The van der Waals surface area contributed by atoms with Crippen LogP contribution in [-0.4, -0.2) is 35.4 Å². The molecule has 0 saturated carbocycles. The van der Waals surface area contributed by atoms with Crippen LogP contribution in [0.25, 0.3) is 188 Å². The fourth-order valence-corrected chi connectivity index (χ4v) is 17.4. The number of nitrogens with zero attached hydrogens (tertiary/aromatic N) is 4. The molecule has 4 aromatic heterocycles. The monoisotopic (exact) mass is 1560 g/mol. The Bertz CT molecular complexity index is 7380. The predicted octanol–water partition coefficient (Wildman–Crippen LogP) is 28.2. The van der Waals surface area contributed by atoms with Crippen LogP contribution in [0, 0.1) is 0 Å². The Morgan fingerprint density at radius 2 is 0.393 bits per heavy atom. The van der Waals surface area contributed by atoms with E-state index in [0.29, 0.717) is 5.46 Å². The van der Waals surface area contributed by atoms with Crippen LogP contribution >= 0.6 is 15.9 Å². The Kier molecular flexibility index (Phi) is 19.6. The lowest BCUT2D eigenvalue weighted by atomic mass is 9.80. The molecule has 0 bridgehead atoms. The van der Waals surface area contributed by atoms with Crippen molar-refractivity contribution >= 4 is 116 Å². The molecular weight excluding hydrogens is 1490 g/mol. The van der Waals surface area contributed by atoms with Crippen molar-refractivity contribution in [1.29, 1.82) is 0 Å². The SMILES string of the molecule is Brc1cccc(-n2c3ccccc3c3cc(-c4ccc5c(c4)c4ccccc4n5-c4ccc(-c5ccccc5)cc4)ccc32)c1.C.OB(O)c1ccc(-c2ccccc2)cc1.c1ccc(-c2ccc(-c3cccc(-n4c5ccccc5c5cc(-c6ccc7c(c6)c6ccccc6n7-c6ccc(-c7ccccc7)cc6)ccc54)c3)cc2)cc1. The smallest absolute Gasteiger partial charge is 0.423 e. The van der Waals surface area contributed by atoms with E-state index < -0.39 is 7.12 Å². The molecule has 18 aromatic carbocycles. The van der Waals surface area contributed by atoms with Gasteiger partial charge in [0.1, 0.15) is 0 Å². The van der Waals surface area contributed by atoms with Crippen molar-refractivity contribution in [3.8, 4) is 101 Å². The molecule has 6 nitrogen and oxygen atoms in total. The molecule has 4 heterocycles. The van der Waals surface area contributed by atoms with Gasteiger partial charge in [-0.05, 0) is 211 Å². The standard InChI is InChI=1S/C54H36N2.C42H27BrN2.C12H11BO2.CH4/c1-3-12-37(13-4-1)39-22-24-41(25-23-39)42-16-11-17-46(34-42)56-52-21-10-8-19-48(52)50-36-44(29-33-54(50)56)43-28-32-53-49(35-43)47-18-7-9-20-51(47)55(53)45-30-26-40(27-31-45)38-14-5-2-6-15-38;43-32-11-8-12-34(27-32)45-40-16-7-5-14-36(40)38-26-31(20-24-42(38)45)30-19-23-41-37(25-30)35-13-4-6-15-39(35)44(41)33-21-17-29(18-22-33)28-9-2-1-3-10-28;14-13(15)12-8-6-11(7-9-12)10-4-2-1-3-5-10;/h1-36H;1-27H;1-9,14-15H;1H4. The van der Waals surface area contributed by atoms with Crippen LogP contribution in [0.5, 0.6) is 0 Å². The molecular formula is C109H78BBrN4O2. The van der Waals surface area contributed by atoms with Crippen molar-refractivity contribution in [2.45, 2.75) is 7.43 Å². The van der Waals surface area contributed by atoms with Crippen LogP contribution in [0.15, 0.2) is 441 Å². The van der Waals surface area contributed by atoms with Gasteiger partial charge >= 0.3 is 7.12 Å². The molecule has 0 amide bonds. The molecule has 0 aliphatic rings. The minimum atomic E-state index is -1.39. The maximum atomic E-state index is 8.94. The van der Waals surface area contributed by atoms with Gasteiger partial charge in [-0.2, -0.15) is 0 Å². The summed E-state index contributed by atoms with van der Waals surface area (Å²) in [6.45, 7) is 0. The van der Waals surface area contributed by atoms with E-state index in [1.54, 1.807) is 12.1 Å². The van der Waals surface area contributed by atoms with E-state index in [9.17, 15) is 0 Å². The van der Waals surface area contributed by atoms with Gasteiger partial charge in [-0.3, -0.25) is 0 Å². The van der Waals surface area contributed by atoms with E-state index in [4.69, 9.17) is 10.0 Å². The lowest BCUT2D eigenvalue weighted by Crippen LogP contribution is -2.29. The maximum Gasteiger partial charge on any atom is 0.488 e. The highest BCUT2D eigenvalue weighted by Gasteiger charge is 2.21.